The van der Waals surface area contributed by atoms with Crippen LogP contribution in [-0.4, -0.2) is 42.1 Å². The predicted molar refractivity (Wildman–Crippen MR) is 84.9 cm³/mol. The number of ether oxygens (including phenoxy) is 1. The number of para-hydroxylation sites is 1. The average Bonchev–Trinajstić information content (AvgIpc) is 2.72. The highest BCUT2D eigenvalue weighted by Crippen LogP contribution is 2.29. The molecule has 1 aromatic rings. The quantitative estimate of drug-likeness (QED) is 0.931. The highest BCUT2D eigenvalue weighted by Gasteiger charge is 2.39. The number of halogens is 1. The number of rotatable bonds is 3. The fraction of sp³-hybridized carbons (Fsp3) is 0.562. The molecule has 0 spiro atoms. The van der Waals surface area contributed by atoms with Crippen molar-refractivity contribution in [1.82, 2.24) is 10.2 Å². The van der Waals surface area contributed by atoms with Crippen molar-refractivity contribution in [2.24, 2.45) is 0 Å². The van der Waals surface area contributed by atoms with Crippen molar-refractivity contribution >= 4 is 18.3 Å². The second kappa shape index (κ2) is 7.14. The molecule has 5 heteroatoms. The van der Waals surface area contributed by atoms with Crippen molar-refractivity contribution in [3.8, 4) is 5.75 Å². The Morgan fingerprint density at radius 1 is 1.24 bits per heavy atom. The summed E-state index contributed by atoms with van der Waals surface area (Å²) in [5.74, 6) is 0.888. The molecule has 2 heterocycles. The van der Waals surface area contributed by atoms with Crippen LogP contribution < -0.4 is 10.1 Å². The molecule has 2 aliphatic heterocycles. The maximum absolute atomic E-state index is 12.7. The van der Waals surface area contributed by atoms with Crippen molar-refractivity contribution in [2.75, 3.05) is 13.1 Å². The monoisotopic (exact) mass is 310 g/mol. The lowest BCUT2D eigenvalue weighted by molar-refractivity contribution is -0.140. The zero-order valence-electron chi connectivity index (χ0n) is 12.3. The predicted octanol–water partition coefficient (Wildman–Crippen LogP) is 2.23. The summed E-state index contributed by atoms with van der Waals surface area (Å²) < 4.78 is 5.78. The van der Waals surface area contributed by atoms with Crippen LogP contribution in [0.25, 0.3) is 0 Å². The van der Waals surface area contributed by atoms with Gasteiger partial charge in [-0.1, -0.05) is 18.2 Å². The third-order valence-electron chi connectivity index (χ3n) is 4.31. The van der Waals surface area contributed by atoms with Gasteiger partial charge in [0.05, 0.1) is 0 Å². The molecule has 2 saturated heterocycles. The molecular weight excluding hydrogens is 288 g/mol. The van der Waals surface area contributed by atoms with E-state index in [4.69, 9.17) is 4.74 Å². The molecule has 1 amide bonds. The van der Waals surface area contributed by atoms with Gasteiger partial charge >= 0.3 is 0 Å². The summed E-state index contributed by atoms with van der Waals surface area (Å²) in [6.07, 6.45) is 2.89. The SMILES string of the molecule is CC(Oc1ccccc1)C(=O)N1C2CCNCC1CC2.Cl. The second-order valence-corrected chi connectivity index (χ2v) is 5.70. The maximum atomic E-state index is 12.7. The average molecular weight is 311 g/mol. The van der Waals surface area contributed by atoms with E-state index in [0.717, 1.165) is 38.1 Å². The molecule has 116 valence electrons. The van der Waals surface area contributed by atoms with Gasteiger partial charge in [0.15, 0.2) is 6.10 Å². The molecule has 0 aliphatic carbocycles. The van der Waals surface area contributed by atoms with E-state index in [2.05, 4.69) is 10.2 Å². The maximum Gasteiger partial charge on any atom is 0.263 e. The fourth-order valence-corrected chi connectivity index (χ4v) is 3.31. The van der Waals surface area contributed by atoms with Crippen LogP contribution >= 0.6 is 12.4 Å². The van der Waals surface area contributed by atoms with Crippen LogP contribution in [0, 0.1) is 0 Å². The fourth-order valence-electron chi connectivity index (χ4n) is 3.31. The Morgan fingerprint density at radius 3 is 2.71 bits per heavy atom. The molecule has 2 fully saturated rings. The number of benzene rings is 1. The van der Waals surface area contributed by atoms with Gasteiger partial charge in [-0.3, -0.25) is 4.79 Å². The van der Waals surface area contributed by atoms with Crippen molar-refractivity contribution in [2.45, 2.75) is 44.4 Å². The Hall–Kier alpha value is -1.26. The van der Waals surface area contributed by atoms with Gasteiger partial charge in [0.25, 0.3) is 5.91 Å². The molecular formula is C16H23ClN2O2. The first-order valence-corrected chi connectivity index (χ1v) is 7.50. The molecule has 0 radical (unpaired) electrons. The molecule has 2 aliphatic rings. The summed E-state index contributed by atoms with van der Waals surface area (Å²) >= 11 is 0. The van der Waals surface area contributed by atoms with Crippen LogP contribution in [0.15, 0.2) is 30.3 Å². The summed E-state index contributed by atoms with van der Waals surface area (Å²) in [4.78, 5) is 14.8. The van der Waals surface area contributed by atoms with Crippen molar-refractivity contribution in [3.63, 3.8) is 0 Å². The topological polar surface area (TPSA) is 41.6 Å². The van der Waals surface area contributed by atoms with E-state index >= 15 is 0 Å². The third kappa shape index (κ3) is 3.50. The van der Waals surface area contributed by atoms with Crippen LogP contribution in [-0.2, 0) is 4.79 Å². The van der Waals surface area contributed by atoms with Gasteiger partial charge in [-0.25, -0.2) is 0 Å². The summed E-state index contributed by atoms with van der Waals surface area (Å²) in [6, 6.07) is 10.3. The number of hydrogen-bond donors (Lipinski definition) is 1. The molecule has 21 heavy (non-hydrogen) atoms. The summed E-state index contributed by atoms with van der Waals surface area (Å²) in [5.41, 5.74) is 0. The molecule has 3 rings (SSSR count). The lowest BCUT2D eigenvalue weighted by atomic mass is 10.1. The standard InChI is InChI=1S/C16H22N2O2.ClH/c1-12(20-15-5-3-2-4-6-15)16(19)18-13-7-8-14(18)11-17-10-9-13;/h2-6,12-14,17H,7-11H2,1H3;1H. The molecule has 2 bridgehead atoms. The van der Waals surface area contributed by atoms with Crippen LogP contribution in [0.4, 0.5) is 0 Å². The van der Waals surface area contributed by atoms with E-state index < -0.39 is 6.10 Å². The molecule has 4 nitrogen and oxygen atoms in total. The van der Waals surface area contributed by atoms with E-state index in [1.165, 1.54) is 0 Å². The first kappa shape index (κ1) is 16.1. The minimum absolute atomic E-state index is 0. The molecule has 1 aromatic carbocycles. The summed E-state index contributed by atoms with van der Waals surface area (Å²) in [5, 5.41) is 3.42. The van der Waals surface area contributed by atoms with Crippen LogP contribution in [0.3, 0.4) is 0 Å². The van der Waals surface area contributed by atoms with E-state index in [9.17, 15) is 4.79 Å². The van der Waals surface area contributed by atoms with Crippen molar-refractivity contribution in [1.29, 1.82) is 0 Å². The lowest BCUT2D eigenvalue weighted by Gasteiger charge is -2.30. The van der Waals surface area contributed by atoms with E-state index in [1.54, 1.807) is 0 Å². The van der Waals surface area contributed by atoms with Gasteiger partial charge in [-0.15, -0.1) is 12.4 Å². The molecule has 3 unspecified atom stereocenters. The first-order chi connectivity index (χ1) is 9.75. The minimum Gasteiger partial charge on any atom is -0.481 e. The van der Waals surface area contributed by atoms with E-state index in [0.29, 0.717) is 12.1 Å². The molecule has 1 N–H and O–H groups in total. The number of nitrogens with one attached hydrogen (secondary N) is 1. The van der Waals surface area contributed by atoms with Gasteiger partial charge in [-0.2, -0.15) is 0 Å². The largest absolute Gasteiger partial charge is 0.481 e. The van der Waals surface area contributed by atoms with Gasteiger partial charge < -0.3 is 15.0 Å². The zero-order chi connectivity index (χ0) is 13.9. The highest BCUT2D eigenvalue weighted by molar-refractivity contribution is 5.85. The second-order valence-electron chi connectivity index (χ2n) is 5.70. The Labute approximate surface area is 132 Å². The van der Waals surface area contributed by atoms with Gasteiger partial charge in [-0.05, 0) is 44.9 Å². The highest BCUT2D eigenvalue weighted by atomic mass is 35.5. The Balaban J connectivity index is 0.00000161. The number of amides is 1. The smallest absolute Gasteiger partial charge is 0.263 e. The number of hydrogen-bond acceptors (Lipinski definition) is 3. The van der Waals surface area contributed by atoms with Gasteiger partial charge in [0.2, 0.25) is 0 Å². The Kier molecular flexibility index (Phi) is 5.48. The summed E-state index contributed by atoms with van der Waals surface area (Å²) in [6.45, 7) is 3.78. The number of carbonyl (C=O) groups excluding carboxylic acids is 1. The van der Waals surface area contributed by atoms with Crippen LogP contribution in [0.1, 0.15) is 26.2 Å². The first-order valence-electron chi connectivity index (χ1n) is 7.50. The van der Waals surface area contributed by atoms with Gasteiger partial charge in [0, 0.05) is 18.6 Å². The Bertz CT molecular complexity index is 455. The number of nitrogens with zero attached hydrogens (tertiary/aromatic N) is 1. The number of carbonyl (C=O) groups is 1. The van der Waals surface area contributed by atoms with Crippen LogP contribution in [0.5, 0.6) is 5.75 Å². The number of fused-ring (bicyclic) bond motifs is 2. The molecule has 0 aromatic heterocycles. The van der Waals surface area contributed by atoms with Crippen LogP contribution in [0.2, 0.25) is 0 Å². The Morgan fingerprint density at radius 2 is 1.95 bits per heavy atom. The van der Waals surface area contributed by atoms with E-state index in [1.807, 2.05) is 37.3 Å². The summed E-state index contributed by atoms with van der Waals surface area (Å²) in [7, 11) is 0. The molecule has 3 atom stereocenters. The van der Waals surface area contributed by atoms with Gasteiger partial charge in [0.1, 0.15) is 5.75 Å². The lowest BCUT2D eigenvalue weighted by Crippen LogP contribution is -2.48. The normalized spacial score (nSPS) is 25.7. The van der Waals surface area contributed by atoms with E-state index in [-0.39, 0.29) is 18.3 Å². The zero-order valence-corrected chi connectivity index (χ0v) is 13.1. The van der Waals surface area contributed by atoms with Crippen molar-refractivity contribution in [3.05, 3.63) is 30.3 Å². The third-order valence-corrected chi connectivity index (χ3v) is 4.31. The van der Waals surface area contributed by atoms with Crippen molar-refractivity contribution < 1.29 is 9.53 Å². The minimum atomic E-state index is -0.418. The molecule has 0 saturated carbocycles.